The Balaban J connectivity index is 1.66. The van der Waals surface area contributed by atoms with E-state index in [0.717, 1.165) is 24.8 Å². The van der Waals surface area contributed by atoms with E-state index in [9.17, 15) is 9.59 Å². The van der Waals surface area contributed by atoms with Crippen LogP contribution in [0, 0.1) is 0 Å². The van der Waals surface area contributed by atoms with Gasteiger partial charge >= 0.3 is 11.8 Å². The van der Waals surface area contributed by atoms with E-state index in [1.54, 1.807) is 19.2 Å². The highest BCUT2D eigenvalue weighted by Gasteiger charge is 2.40. The fraction of sp³-hybridized carbons (Fsp3) is 0.375. The van der Waals surface area contributed by atoms with Crippen LogP contribution < -0.4 is 10.6 Å². The van der Waals surface area contributed by atoms with E-state index >= 15 is 0 Å². The van der Waals surface area contributed by atoms with Gasteiger partial charge in [-0.2, -0.15) is 0 Å². The lowest BCUT2D eigenvalue weighted by molar-refractivity contribution is -0.138. The van der Waals surface area contributed by atoms with Crippen LogP contribution in [0.5, 0.6) is 0 Å². The van der Waals surface area contributed by atoms with Crippen LogP contribution in [0.25, 0.3) is 0 Å². The standard InChI is InChI=1S/C16H17Cl2N5O2/c1-23-9-13(21-22-23)19-14(24)15(25)20-16(5-2-6-16)8-10-3-4-11(17)7-12(10)18/h3-4,7,9H,2,5-6,8H2,1H3,(H,19,24)(H,20,25). The molecule has 1 aromatic carbocycles. The largest absolute Gasteiger partial charge is 0.342 e. The van der Waals surface area contributed by atoms with E-state index in [2.05, 4.69) is 20.9 Å². The van der Waals surface area contributed by atoms with Crippen molar-refractivity contribution in [1.29, 1.82) is 0 Å². The first-order chi connectivity index (χ1) is 11.9. The molecule has 1 fully saturated rings. The van der Waals surface area contributed by atoms with E-state index in [1.807, 2.05) is 6.07 Å². The van der Waals surface area contributed by atoms with Gasteiger partial charge in [-0.15, -0.1) is 5.10 Å². The Morgan fingerprint density at radius 1 is 1.28 bits per heavy atom. The number of hydrogen-bond acceptors (Lipinski definition) is 4. The SMILES string of the molecule is Cn1cc(NC(=O)C(=O)NC2(Cc3ccc(Cl)cc3Cl)CCC2)nn1. The molecule has 1 aromatic heterocycles. The number of aryl methyl sites for hydroxylation is 1. The fourth-order valence-electron chi connectivity index (χ4n) is 2.85. The monoisotopic (exact) mass is 381 g/mol. The van der Waals surface area contributed by atoms with Gasteiger partial charge in [-0.05, 0) is 43.4 Å². The Labute approximate surface area is 154 Å². The summed E-state index contributed by atoms with van der Waals surface area (Å²) in [6, 6.07) is 5.28. The summed E-state index contributed by atoms with van der Waals surface area (Å²) < 4.78 is 1.43. The van der Waals surface area contributed by atoms with Crippen molar-refractivity contribution < 1.29 is 9.59 Å². The van der Waals surface area contributed by atoms with Crippen molar-refractivity contribution >= 4 is 40.8 Å². The molecule has 1 aliphatic rings. The summed E-state index contributed by atoms with van der Waals surface area (Å²) in [5.74, 6) is -1.24. The number of nitrogens with zero attached hydrogens (tertiary/aromatic N) is 3. The zero-order valence-electron chi connectivity index (χ0n) is 13.6. The van der Waals surface area contributed by atoms with Crippen molar-refractivity contribution in [2.24, 2.45) is 7.05 Å². The molecule has 2 aromatic rings. The van der Waals surface area contributed by atoms with Gasteiger partial charge in [0.05, 0.1) is 6.20 Å². The molecule has 0 radical (unpaired) electrons. The summed E-state index contributed by atoms with van der Waals surface area (Å²) in [5, 5.41) is 13.8. The molecule has 25 heavy (non-hydrogen) atoms. The van der Waals surface area contributed by atoms with Gasteiger partial charge < -0.3 is 5.32 Å². The van der Waals surface area contributed by atoms with Gasteiger partial charge in [-0.1, -0.05) is 34.5 Å². The van der Waals surface area contributed by atoms with E-state index in [0.29, 0.717) is 16.5 Å². The molecule has 0 bridgehead atoms. The second-order valence-electron chi connectivity index (χ2n) is 6.23. The fourth-order valence-corrected chi connectivity index (χ4v) is 3.33. The van der Waals surface area contributed by atoms with Crippen LogP contribution in [-0.2, 0) is 23.1 Å². The second-order valence-corrected chi connectivity index (χ2v) is 7.08. The molecular formula is C16H17Cl2N5O2. The van der Waals surface area contributed by atoms with Gasteiger partial charge in [0.25, 0.3) is 0 Å². The maximum Gasteiger partial charge on any atom is 0.314 e. The number of aromatic nitrogens is 3. The van der Waals surface area contributed by atoms with Gasteiger partial charge in [-0.3, -0.25) is 19.6 Å². The highest BCUT2D eigenvalue weighted by molar-refractivity contribution is 6.39. The van der Waals surface area contributed by atoms with Gasteiger partial charge in [0.1, 0.15) is 0 Å². The third kappa shape index (κ3) is 4.11. The summed E-state index contributed by atoms with van der Waals surface area (Å²) in [7, 11) is 1.67. The average molecular weight is 382 g/mol. The van der Waals surface area contributed by atoms with Crippen LogP contribution >= 0.6 is 23.2 Å². The lowest BCUT2D eigenvalue weighted by Gasteiger charge is -2.42. The molecular weight excluding hydrogens is 365 g/mol. The van der Waals surface area contributed by atoms with Gasteiger partial charge in [0.15, 0.2) is 5.82 Å². The number of nitrogens with one attached hydrogen (secondary N) is 2. The average Bonchev–Trinajstić information content (AvgIpc) is 2.92. The molecule has 1 saturated carbocycles. The Kier molecular flexibility index (Phi) is 4.96. The summed E-state index contributed by atoms with van der Waals surface area (Å²) in [5.41, 5.74) is 0.425. The summed E-state index contributed by atoms with van der Waals surface area (Å²) in [6.45, 7) is 0. The smallest absolute Gasteiger partial charge is 0.314 e. The predicted octanol–water partition coefficient (Wildman–Crippen LogP) is 2.34. The van der Waals surface area contributed by atoms with Crippen LogP contribution in [0.2, 0.25) is 10.0 Å². The van der Waals surface area contributed by atoms with Crippen molar-refractivity contribution in [1.82, 2.24) is 20.3 Å². The molecule has 3 rings (SSSR count). The second kappa shape index (κ2) is 7.01. The molecule has 2 N–H and O–H groups in total. The minimum Gasteiger partial charge on any atom is -0.342 e. The first kappa shape index (κ1) is 17.7. The molecule has 0 spiro atoms. The maximum absolute atomic E-state index is 12.3. The van der Waals surface area contributed by atoms with Crippen LogP contribution in [0.1, 0.15) is 24.8 Å². The molecule has 1 aliphatic carbocycles. The van der Waals surface area contributed by atoms with Crippen LogP contribution in [-0.4, -0.2) is 32.3 Å². The van der Waals surface area contributed by atoms with Crippen molar-refractivity contribution in [3.63, 3.8) is 0 Å². The molecule has 2 amide bonds. The first-order valence-electron chi connectivity index (χ1n) is 7.81. The Hall–Kier alpha value is -2.12. The van der Waals surface area contributed by atoms with Crippen molar-refractivity contribution in [3.05, 3.63) is 40.0 Å². The molecule has 0 aliphatic heterocycles. The number of anilines is 1. The number of carbonyl (C=O) groups excluding carboxylic acids is 2. The lowest BCUT2D eigenvalue weighted by atomic mass is 9.72. The van der Waals surface area contributed by atoms with E-state index in [4.69, 9.17) is 23.2 Å². The third-order valence-corrected chi connectivity index (χ3v) is 4.87. The Morgan fingerprint density at radius 3 is 2.60 bits per heavy atom. The zero-order valence-corrected chi connectivity index (χ0v) is 15.1. The summed E-state index contributed by atoms with van der Waals surface area (Å²) >= 11 is 12.2. The number of benzene rings is 1. The van der Waals surface area contributed by atoms with Gasteiger partial charge in [0, 0.05) is 22.6 Å². The lowest BCUT2D eigenvalue weighted by Crippen LogP contribution is -2.57. The minimum absolute atomic E-state index is 0.228. The maximum atomic E-state index is 12.3. The molecule has 1 heterocycles. The summed E-state index contributed by atoms with van der Waals surface area (Å²) in [6.07, 6.45) is 4.62. The molecule has 0 atom stereocenters. The van der Waals surface area contributed by atoms with Crippen LogP contribution in [0.3, 0.4) is 0 Å². The molecule has 132 valence electrons. The normalized spacial score (nSPS) is 15.3. The predicted molar refractivity (Wildman–Crippen MR) is 94.5 cm³/mol. The molecule has 0 unspecified atom stereocenters. The van der Waals surface area contributed by atoms with Crippen molar-refractivity contribution in [3.8, 4) is 0 Å². The van der Waals surface area contributed by atoms with Crippen LogP contribution in [0.15, 0.2) is 24.4 Å². The van der Waals surface area contributed by atoms with Gasteiger partial charge in [0.2, 0.25) is 0 Å². The zero-order chi connectivity index (χ0) is 18.0. The van der Waals surface area contributed by atoms with E-state index in [1.165, 1.54) is 10.9 Å². The van der Waals surface area contributed by atoms with E-state index in [-0.39, 0.29) is 5.82 Å². The quantitative estimate of drug-likeness (QED) is 0.795. The third-order valence-electron chi connectivity index (χ3n) is 4.28. The minimum atomic E-state index is -0.769. The van der Waals surface area contributed by atoms with Gasteiger partial charge in [-0.25, -0.2) is 0 Å². The van der Waals surface area contributed by atoms with Crippen molar-refractivity contribution in [2.45, 2.75) is 31.2 Å². The number of rotatable bonds is 4. The number of hydrogen-bond donors (Lipinski definition) is 2. The highest BCUT2D eigenvalue weighted by atomic mass is 35.5. The molecule has 7 nitrogen and oxygen atoms in total. The Morgan fingerprint density at radius 2 is 2.04 bits per heavy atom. The first-order valence-corrected chi connectivity index (χ1v) is 8.56. The van der Waals surface area contributed by atoms with E-state index < -0.39 is 17.4 Å². The molecule has 9 heteroatoms. The molecule has 0 saturated heterocycles. The topological polar surface area (TPSA) is 88.9 Å². The van der Waals surface area contributed by atoms with Crippen molar-refractivity contribution in [2.75, 3.05) is 5.32 Å². The highest BCUT2D eigenvalue weighted by Crippen LogP contribution is 2.37. The Bertz CT molecular complexity index is 817. The number of amides is 2. The number of halogens is 2. The van der Waals surface area contributed by atoms with Crippen LogP contribution in [0.4, 0.5) is 5.82 Å². The summed E-state index contributed by atoms with van der Waals surface area (Å²) in [4.78, 5) is 24.3. The number of carbonyl (C=O) groups is 2.